The van der Waals surface area contributed by atoms with Gasteiger partial charge in [0.05, 0.1) is 4.92 Å². The van der Waals surface area contributed by atoms with Crippen molar-refractivity contribution in [2.75, 3.05) is 10.6 Å². The van der Waals surface area contributed by atoms with Gasteiger partial charge in [-0.05, 0) is 54.8 Å². The highest BCUT2D eigenvalue weighted by Gasteiger charge is 2.73. The lowest BCUT2D eigenvalue weighted by Crippen LogP contribution is -2.50. The van der Waals surface area contributed by atoms with Crippen molar-refractivity contribution in [2.45, 2.75) is 38.3 Å². The minimum absolute atomic E-state index is 0.0659. The highest BCUT2D eigenvalue weighted by molar-refractivity contribution is 6.09. The van der Waals surface area contributed by atoms with E-state index in [9.17, 15) is 50.4 Å². The number of amides is 2. The van der Waals surface area contributed by atoms with Crippen LogP contribution in [0.25, 0.3) is 0 Å². The molecule has 0 heterocycles. The molecule has 0 aromatic heterocycles. The van der Waals surface area contributed by atoms with Crippen LogP contribution < -0.4 is 10.6 Å². The van der Waals surface area contributed by atoms with Gasteiger partial charge in [-0.3, -0.25) is 19.7 Å². The predicted molar refractivity (Wildman–Crippen MR) is 131 cm³/mol. The molecular weight excluding hydrogens is 551 g/mol. The Morgan fingerprint density at radius 3 is 2.05 bits per heavy atom. The van der Waals surface area contributed by atoms with Crippen LogP contribution >= 0.6 is 0 Å². The van der Waals surface area contributed by atoms with Gasteiger partial charge in [-0.25, -0.2) is 4.39 Å². The highest BCUT2D eigenvalue weighted by Crippen LogP contribution is 2.53. The maximum atomic E-state index is 14.6. The molecular formula is C26H20F7N3O4. The van der Waals surface area contributed by atoms with Crippen LogP contribution in [0.5, 0.6) is 0 Å². The van der Waals surface area contributed by atoms with Crippen LogP contribution in [0, 0.1) is 17.0 Å². The number of halogens is 7. The summed E-state index contributed by atoms with van der Waals surface area (Å²) in [6.07, 6.45) is -12.7. The Hall–Kier alpha value is -4.49. The second kappa shape index (κ2) is 10.9. The predicted octanol–water partition coefficient (Wildman–Crippen LogP) is 7.26. The van der Waals surface area contributed by atoms with Gasteiger partial charge >= 0.3 is 18.0 Å². The zero-order valence-corrected chi connectivity index (χ0v) is 20.7. The summed E-state index contributed by atoms with van der Waals surface area (Å²) in [5, 5.41) is 16.0. The summed E-state index contributed by atoms with van der Waals surface area (Å²) in [5.41, 5.74) is -8.54. The summed E-state index contributed by atoms with van der Waals surface area (Å²) in [7, 11) is 0. The number of nitro benzene ring substituents is 1. The fourth-order valence-electron chi connectivity index (χ4n) is 3.95. The van der Waals surface area contributed by atoms with E-state index in [1.165, 1.54) is 49.4 Å². The van der Waals surface area contributed by atoms with Gasteiger partial charge in [0.1, 0.15) is 5.56 Å². The number of benzene rings is 3. The quantitative estimate of drug-likeness (QED) is 0.177. The van der Waals surface area contributed by atoms with E-state index in [-0.39, 0.29) is 40.0 Å². The van der Waals surface area contributed by atoms with Crippen molar-refractivity contribution in [2.24, 2.45) is 0 Å². The average molecular weight is 571 g/mol. The van der Waals surface area contributed by atoms with Crippen LogP contribution in [0.1, 0.15) is 44.3 Å². The van der Waals surface area contributed by atoms with Crippen LogP contribution in [-0.2, 0) is 12.1 Å². The number of nitrogens with zero attached hydrogens (tertiary/aromatic N) is 1. The third kappa shape index (κ3) is 5.75. The zero-order valence-electron chi connectivity index (χ0n) is 20.7. The molecule has 0 bridgehead atoms. The van der Waals surface area contributed by atoms with Crippen LogP contribution in [0.3, 0.4) is 0 Å². The number of hydrogen-bond donors (Lipinski definition) is 2. The molecule has 0 aliphatic carbocycles. The number of nitrogens with one attached hydrogen (secondary N) is 2. The first-order chi connectivity index (χ1) is 18.5. The van der Waals surface area contributed by atoms with Crippen molar-refractivity contribution in [3.05, 3.63) is 98.6 Å². The SMILES string of the molecule is CCc1cc(C(F)(C(F)(F)F)C(F)(F)F)cc(C)c1NC(=O)c1cccc(NC(=O)c2ccccc2[N+](=O)[O-])c1. The van der Waals surface area contributed by atoms with Crippen LogP contribution in [0.2, 0.25) is 0 Å². The maximum Gasteiger partial charge on any atom is 0.435 e. The standard InChI is InChI=1S/C26H20F7N3O4/c1-3-15-12-17(24(27,25(28,29)30)26(31,32)33)11-14(2)21(15)35-22(37)16-7-6-8-18(13-16)34-23(38)19-9-4-5-10-20(19)36(39)40/h4-13H,3H2,1-2H3,(H,34,38)(H,35,37). The van der Waals surface area contributed by atoms with Crippen molar-refractivity contribution in [3.8, 4) is 0 Å². The number of nitro groups is 1. The first-order valence-electron chi connectivity index (χ1n) is 11.4. The van der Waals surface area contributed by atoms with E-state index in [0.717, 1.165) is 13.0 Å². The number of alkyl halides is 7. The summed E-state index contributed by atoms with van der Waals surface area (Å²) >= 11 is 0. The summed E-state index contributed by atoms with van der Waals surface area (Å²) < 4.78 is 94.2. The van der Waals surface area contributed by atoms with E-state index in [1.54, 1.807) is 0 Å². The van der Waals surface area contributed by atoms with Crippen molar-refractivity contribution >= 4 is 28.9 Å². The fraction of sp³-hybridized carbons (Fsp3) is 0.231. The molecule has 14 heteroatoms. The molecule has 0 atom stereocenters. The highest BCUT2D eigenvalue weighted by atomic mass is 19.4. The molecule has 0 aliphatic heterocycles. The molecule has 3 aromatic carbocycles. The third-order valence-electron chi connectivity index (χ3n) is 5.94. The summed E-state index contributed by atoms with van der Waals surface area (Å²) in [4.78, 5) is 36.0. The number of carbonyl (C=O) groups is 2. The Morgan fingerprint density at radius 1 is 0.850 bits per heavy atom. The van der Waals surface area contributed by atoms with Gasteiger partial charge in [-0.15, -0.1) is 0 Å². The van der Waals surface area contributed by atoms with Gasteiger partial charge in [0, 0.05) is 28.6 Å². The lowest BCUT2D eigenvalue weighted by atomic mass is 9.89. The Morgan fingerprint density at radius 2 is 1.48 bits per heavy atom. The first-order valence-corrected chi connectivity index (χ1v) is 11.4. The second-order valence-electron chi connectivity index (χ2n) is 8.60. The maximum absolute atomic E-state index is 14.6. The molecule has 2 N–H and O–H groups in total. The molecule has 0 radical (unpaired) electrons. The van der Waals surface area contributed by atoms with E-state index >= 15 is 0 Å². The van der Waals surface area contributed by atoms with Gasteiger partial charge in [0.15, 0.2) is 0 Å². The van der Waals surface area contributed by atoms with Crippen LogP contribution in [-0.4, -0.2) is 29.1 Å². The molecule has 7 nitrogen and oxygen atoms in total. The average Bonchev–Trinajstić information content (AvgIpc) is 2.87. The van der Waals surface area contributed by atoms with Crippen LogP contribution in [0.15, 0.2) is 60.7 Å². The normalized spacial score (nSPS) is 12.1. The van der Waals surface area contributed by atoms with E-state index in [0.29, 0.717) is 12.1 Å². The monoisotopic (exact) mass is 571 g/mol. The van der Waals surface area contributed by atoms with E-state index in [4.69, 9.17) is 0 Å². The molecule has 0 fully saturated rings. The topological polar surface area (TPSA) is 101 Å². The minimum Gasteiger partial charge on any atom is -0.322 e. The van der Waals surface area contributed by atoms with Crippen LogP contribution in [0.4, 0.5) is 47.8 Å². The Bertz CT molecular complexity index is 1460. The summed E-state index contributed by atoms with van der Waals surface area (Å²) in [5.74, 6) is -1.68. The van der Waals surface area contributed by atoms with Crippen molar-refractivity contribution < 1.29 is 45.2 Å². The largest absolute Gasteiger partial charge is 0.435 e. The van der Waals surface area contributed by atoms with Gasteiger partial charge in [-0.2, -0.15) is 26.3 Å². The third-order valence-corrected chi connectivity index (χ3v) is 5.94. The molecule has 0 aliphatic rings. The van der Waals surface area contributed by atoms with E-state index in [1.807, 2.05) is 0 Å². The lowest BCUT2D eigenvalue weighted by molar-refractivity contribution is -0.385. The van der Waals surface area contributed by atoms with E-state index < -0.39 is 46.0 Å². The summed E-state index contributed by atoms with van der Waals surface area (Å²) in [6, 6.07) is 11.2. The number of anilines is 2. The molecule has 40 heavy (non-hydrogen) atoms. The van der Waals surface area contributed by atoms with Gasteiger partial charge < -0.3 is 10.6 Å². The number of rotatable bonds is 7. The van der Waals surface area contributed by atoms with Gasteiger partial charge in [-0.1, -0.05) is 31.2 Å². The zero-order chi connectivity index (χ0) is 30.0. The molecule has 212 valence electrons. The molecule has 0 saturated carbocycles. The molecule has 3 rings (SSSR count). The fourth-order valence-corrected chi connectivity index (χ4v) is 3.95. The molecule has 0 spiro atoms. The summed E-state index contributed by atoms with van der Waals surface area (Å²) in [6.45, 7) is 2.52. The molecule has 2 amide bonds. The number of hydrogen-bond acceptors (Lipinski definition) is 4. The number of carbonyl (C=O) groups excluding carboxylic acids is 2. The molecule has 0 unspecified atom stereocenters. The van der Waals surface area contributed by atoms with Crippen molar-refractivity contribution in [1.29, 1.82) is 0 Å². The number of aryl methyl sites for hydroxylation is 2. The van der Waals surface area contributed by atoms with Crippen molar-refractivity contribution in [3.63, 3.8) is 0 Å². The smallest absolute Gasteiger partial charge is 0.322 e. The molecule has 0 saturated heterocycles. The van der Waals surface area contributed by atoms with E-state index in [2.05, 4.69) is 10.6 Å². The Labute approximate surface area is 222 Å². The van der Waals surface area contributed by atoms with Crippen molar-refractivity contribution in [1.82, 2.24) is 0 Å². The second-order valence-corrected chi connectivity index (χ2v) is 8.60. The lowest BCUT2D eigenvalue weighted by Gasteiger charge is -2.31. The van der Waals surface area contributed by atoms with Gasteiger partial charge in [0.2, 0.25) is 0 Å². The first kappa shape index (κ1) is 30.1. The molecule has 3 aromatic rings. The minimum atomic E-state index is -6.29. The van der Waals surface area contributed by atoms with Gasteiger partial charge in [0.25, 0.3) is 17.5 Å². The number of para-hydroxylation sites is 1. The Balaban J connectivity index is 1.92. The Kier molecular flexibility index (Phi) is 8.22.